The summed E-state index contributed by atoms with van der Waals surface area (Å²) in [5.74, 6) is -0.493. The van der Waals surface area contributed by atoms with Crippen LogP contribution in [-0.2, 0) is 65.4 Å². The predicted molar refractivity (Wildman–Crippen MR) is 414 cm³/mol. The summed E-state index contributed by atoms with van der Waals surface area (Å²) >= 11 is 0. The van der Waals surface area contributed by atoms with Crippen LogP contribution in [0.5, 0.6) is 0 Å². The third kappa shape index (κ3) is 76.1. The topological polar surface area (TPSA) is 237 Å². The van der Waals surface area contributed by atoms with Gasteiger partial charge in [-0.1, -0.05) is 382 Å². The van der Waals surface area contributed by atoms with Crippen molar-refractivity contribution >= 4 is 39.5 Å². The van der Waals surface area contributed by atoms with Crippen LogP contribution in [0.3, 0.4) is 0 Å². The Balaban J connectivity index is 5.20. The van der Waals surface area contributed by atoms with Crippen LogP contribution in [0.1, 0.15) is 433 Å². The molecule has 0 aliphatic heterocycles. The molecule has 101 heavy (non-hydrogen) atoms. The molecule has 0 fully saturated rings. The number of unbranched alkanes of at least 4 members (excludes halogenated alkanes) is 51. The van der Waals surface area contributed by atoms with Gasteiger partial charge in [0.25, 0.3) is 0 Å². The van der Waals surface area contributed by atoms with Crippen LogP contribution in [-0.4, -0.2) is 96.7 Å². The number of carbonyl (C=O) groups is 4. The molecule has 0 heterocycles. The van der Waals surface area contributed by atoms with E-state index in [1.807, 2.05) is 0 Å². The Morgan fingerprint density at radius 2 is 0.455 bits per heavy atom. The second-order valence-electron chi connectivity index (χ2n) is 30.5. The first-order valence-electron chi connectivity index (χ1n) is 42.5. The molecule has 0 aromatic rings. The van der Waals surface area contributed by atoms with E-state index in [2.05, 4.69) is 41.5 Å². The molecule has 5 atom stereocenters. The monoisotopic (exact) mass is 1480 g/mol. The van der Waals surface area contributed by atoms with Crippen molar-refractivity contribution in [2.24, 2.45) is 11.8 Å². The Hall–Kier alpha value is -1.94. The number of aliphatic hydroxyl groups is 1. The molecular weight excluding hydrogens is 1320 g/mol. The standard InChI is InChI=1S/C82H160O17P2/c1-7-9-11-13-15-17-18-19-20-26-32-37-42-48-54-60-66-81(86)98-77(70-92-79(84)64-58-52-46-16-14-12-10-8-2)72-96-100(88,89)94-68-76(83)69-95-101(90,91)97-73-78(71-93-80(85)65-59-53-47-41-36-31-28-23-25-30-35-40-45-51-57-63-75(5)6)99-82(87)67-61-55-49-43-38-33-27-22-21-24-29-34-39-44-50-56-62-74(3)4/h74-78,83H,7-73H2,1-6H3,(H,88,89)(H,90,91)/t76-,77+,78+/m0/s1. The van der Waals surface area contributed by atoms with E-state index in [4.69, 9.17) is 37.0 Å². The van der Waals surface area contributed by atoms with Gasteiger partial charge in [-0.2, -0.15) is 0 Å². The quantitative estimate of drug-likeness (QED) is 0.0222. The van der Waals surface area contributed by atoms with Gasteiger partial charge in [0, 0.05) is 25.7 Å². The van der Waals surface area contributed by atoms with Crippen molar-refractivity contribution in [1.29, 1.82) is 0 Å². The molecule has 0 radical (unpaired) electrons. The molecule has 19 heteroatoms. The zero-order chi connectivity index (χ0) is 74.2. The van der Waals surface area contributed by atoms with Crippen LogP contribution in [0.2, 0.25) is 0 Å². The van der Waals surface area contributed by atoms with Crippen LogP contribution >= 0.6 is 15.6 Å². The van der Waals surface area contributed by atoms with Crippen molar-refractivity contribution in [3.63, 3.8) is 0 Å². The smallest absolute Gasteiger partial charge is 0.462 e. The lowest BCUT2D eigenvalue weighted by molar-refractivity contribution is -0.161. The van der Waals surface area contributed by atoms with E-state index in [1.54, 1.807) is 0 Å². The molecule has 0 aromatic heterocycles. The zero-order valence-electron chi connectivity index (χ0n) is 66.2. The fraction of sp³-hybridized carbons (Fsp3) is 0.951. The first-order chi connectivity index (χ1) is 48.9. The van der Waals surface area contributed by atoms with Crippen molar-refractivity contribution in [2.45, 2.75) is 452 Å². The van der Waals surface area contributed by atoms with Gasteiger partial charge < -0.3 is 33.8 Å². The summed E-state index contributed by atoms with van der Waals surface area (Å²) in [4.78, 5) is 73.0. The summed E-state index contributed by atoms with van der Waals surface area (Å²) in [5, 5.41) is 10.6. The number of phosphoric acid groups is 2. The van der Waals surface area contributed by atoms with Crippen LogP contribution < -0.4 is 0 Å². The first-order valence-corrected chi connectivity index (χ1v) is 45.5. The highest BCUT2D eigenvalue weighted by Gasteiger charge is 2.30. The summed E-state index contributed by atoms with van der Waals surface area (Å²) in [6, 6.07) is 0. The number of carbonyl (C=O) groups excluding carboxylic acids is 4. The second kappa shape index (κ2) is 73.6. The number of rotatable bonds is 81. The molecule has 0 rings (SSSR count). The average Bonchev–Trinajstić information content (AvgIpc) is 1.56. The van der Waals surface area contributed by atoms with Gasteiger partial charge in [0.05, 0.1) is 26.4 Å². The summed E-state index contributed by atoms with van der Waals surface area (Å²) in [6.07, 6.45) is 63.9. The lowest BCUT2D eigenvalue weighted by Crippen LogP contribution is -2.30. The normalized spacial score (nSPS) is 13.9. The molecule has 0 aromatic carbocycles. The third-order valence-corrected chi connectivity index (χ3v) is 21.1. The summed E-state index contributed by atoms with van der Waals surface area (Å²) in [5.41, 5.74) is 0. The van der Waals surface area contributed by atoms with E-state index in [0.717, 1.165) is 108 Å². The van der Waals surface area contributed by atoms with Crippen LogP contribution in [0.15, 0.2) is 0 Å². The highest BCUT2D eigenvalue weighted by Crippen LogP contribution is 2.45. The Morgan fingerprint density at radius 1 is 0.267 bits per heavy atom. The van der Waals surface area contributed by atoms with E-state index in [9.17, 15) is 43.2 Å². The van der Waals surface area contributed by atoms with E-state index in [0.29, 0.717) is 25.7 Å². The minimum absolute atomic E-state index is 0.108. The molecule has 0 saturated carbocycles. The fourth-order valence-electron chi connectivity index (χ4n) is 12.7. The highest BCUT2D eigenvalue weighted by molar-refractivity contribution is 7.47. The number of ether oxygens (including phenoxy) is 4. The van der Waals surface area contributed by atoms with Crippen molar-refractivity contribution in [3.05, 3.63) is 0 Å². The molecule has 0 saturated heterocycles. The predicted octanol–water partition coefficient (Wildman–Crippen LogP) is 24.7. The van der Waals surface area contributed by atoms with Gasteiger partial charge in [-0.15, -0.1) is 0 Å². The maximum absolute atomic E-state index is 13.1. The molecule has 0 aliphatic carbocycles. The largest absolute Gasteiger partial charge is 0.472 e. The maximum Gasteiger partial charge on any atom is 0.472 e. The van der Waals surface area contributed by atoms with Crippen molar-refractivity contribution in [3.8, 4) is 0 Å². The molecule has 0 aliphatic rings. The van der Waals surface area contributed by atoms with Gasteiger partial charge in [-0.05, 0) is 37.5 Å². The van der Waals surface area contributed by atoms with E-state index in [1.165, 1.54) is 244 Å². The highest BCUT2D eigenvalue weighted by atomic mass is 31.2. The number of aliphatic hydroxyl groups excluding tert-OH is 1. The van der Waals surface area contributed by atoms with Gasteiger partial charge in [0.1, 0.15) is 19.3 Å². The number of esters is 4. The molecular formula is C82H160O17P2. The Labute approximate surface area is 619 Å². The van der Waals surface area contributed by atoms with E-state index in [-0.39, 0.29) is 25.7 Å². The number of hydrogen-bond acceptors (Lipinski definition) is 15. The van der Waals surface area contributed by atoms with Crippen LogP contribution in [0.4, 0.5) is 0 Å². The SMILES string of the molecule is CCCCCCCCCCCCCCCCCCC(=O)O[C@H](COC(=O)CCCCCCCCCC)COP(=O)(O)OC[C@H](O)COP(=O)(O)OC[C@@H](COC(=O)CCCCCCCCCCCCCCCCCC(C)C)OC(=O)CCCCCCCCCCCCCCCCCCC(C)C. The second-order valence-corrected chi connectivity index (χ2v) is 33.4. The van der Waals surface area contributed by atoms with Gasteiger partial charge >= 0.3 is 39.5 Å². The third-order valence-electron chi connectivity index (χ3n) is 19.2. The summed E-state index contributed by atoms with van der Waals surface area (Å²) in [7, 11) is -9.92. The number of hydrogen-bond donors (Lipinski definition) is 3. The summed E-state index contributed by atoms with van der Waals surface area (Å²) < 4.78 is 68.7. The van der Waals surface area contributed by atoms with E-state index >= 15 is 0 Å². The Bertz CT molecular complexity index is 1940. The van der Waals surface area contributed by atoms with Crippen LogP contribution in [0, 0.1) is 11.8 Å². The molecule has 17 nitrogen and oxygen atoms in total. The fourth-order valence-corrected chi connectivity index (χ4v) is 14.3. The molecule has 0 amide bonds. The first kappa shape index (κ1) is 99.1. The minimum Gasteiger partial charge on any atom is -0.462 e. The molecule has 0 bridgehead atoms. The van der Waals surface area contributed by atoms with E-state index < -0.39 is 97.5 Å². The maximum atomic E-state index is 13.1. The lowest BCUT2D eigenvalue weighted by Gasteiger charge is -2.21. The van der Waals surface area contributed by atoms with Gasteiger partial charge in [-0.3, -0.25) is 37.3 Å². The molecule has 2 unspecified atom stereocenters. The minimum atomic E-state index is -4.96. The molecule has 3 N–H and O–H groups in total. The van der Waals surface area contributed by atoms with Gasteiger partial charge in [-0.25, -0.2) is 9.13 Å². The summed E-state index contributed by atoms with van der Waals surface area (Å²) in [6.45, 7) is 9.68. The molecule has 600 valence electrons. The van der Waals surface area contributed by atoms with Crippen molar-refractivity contribution in [2.75, 3.05) is 39.6 Å². The Kier molecular flexibility index (Phi) is 72.2. The van der Waals surface area contributed by atoms with Crippen LogP contribution in [0.25, 0.3) is 0 Å². The van der Waals surface area contributed by atoms with Gasteiger partial charge in [0.2, 0.25) is 0 Å². The number of phosphoric ester groups is 2. The molecule has 0 spiro atoms. The zero-order valence-corrected chi connectivity index (χ0v) is 68.0. The lowest BCUT2D eigenvalue weighted by atomic mass is 10.0. The average molecular weight is 1480 g/mol. The van der Waals surface area contributed by atoms with Crippen molar-refractivity contribution in [1.82, 2.24) is 0 Å². The van der Waals surface area contributed by atoms with Crippen molar-refractivity contribution < 1.29 is 80.2 Å². The Morgan fingerprint density at radius 3 is 0.673 bits per heavy atom. The van der Waals surface area contributed by atoms with Gasteiger partial charge in [0.15, 0.2) is 12.2 Å².